The van der Waals surface area contributed by atoms with Gasteiger partial charge in [-0.1, -0.05) is 190 Å². The number of carbonyl (C=O) groups excluding carboxylic acids is 4. The van der Waals surface area contributed by atoms with Crippen LogP contribution in [0.25, 0.3) is 0 Å². The largest absolute Gasteiger partial charge is 2.00 e. The summed E-state index contributed by atoms with van der Waals surface area (Å²) in [5.41, 5.74) is 2.17. The number of hydrogen-bond donors (Lipinski definition) is 0. The Kier molecular flexibility index (Phi) is 40.5. The van der Waals surface area contributed by atoms with Gasteiger partial charge in [0.1, 0.15) is 0 Å². The summed E-state index contributed by atoms with van der Waals surface area (Å²) in [6, 6.07) is 20.1. The predicted octanol–water partition coefficient (Wildman–Crippen LogP) is 11.8. The fraction of sp³-hybridized carbons (Fsp3) is 0.704. The summed E-state index contributed by atoms with van der Waals surface area (Å²) in [5.74, 6) is -4.14. The summed E-state index contributed by atoms with van der Waals surface area (Å²) in [7, 11) is 0. The number of carboxylic acid groups (broad SMARTS) is 2. The van der Waals surface area contributed by atoms with Crippen LogP contribution < -0.4 is 10.2 Å². The Labute approximate surface area is 434 Å². The fourth-order valence-electron chi connectivity index (χ4n) is 7.99. The van der Waals surface area contributed by atoms with Crippen molar-refractivity contribution < 1.29 is 48.3 Å². The van der Waals surface area contributed by atoms with Gasteiger partial charge in [-0.2, -0.15) is 0 Å². The Hall–Kier alpha value is -2.19. The molecule has 0 aliphatic carbocycles. The topological polar surface area (TPSA) is 151 Å². The smallest absolute Gasteiger partial charge is 0.550 e. The SMILES string of the molecule is CCCCCC(CCCCCCCCCCCC(=O)[O-])(OCc1ccccc1)OC(C)=O.CCCCCC(CCCCCCCCCCCC(=O)[O-])(OCc1ccccc1)OC(C)=O.[Ba+2]. The molecule has 0 saturated carbocycles. The molecule has 0 aliphatic rings. The quantitative estimate of drug-likeness (QED) is 0.0273. The monoisotopic (exact) mass is 1030 g/mol. The molecule has 11 heteroatoms. The van der Waals surface area contributed by atoms with Gasteiger partial charge in [0, 0.05) is 51.5 Å². The molecule has 2 atom stereocenters. The maximum absolute atomic E-state index is 11.9. The van der Waals surface area contributed by atoms with Crippen LogP contribution in [0.1, 0.15) is 231 Å². The van der Waals surface area contributed by atoms with E-state index in [0.29, 0.717) is 13.2 Å². The molecule has 10 nitrogen and oxygen atoms in total. The van der Waals surface area contributed by atoms with Crippen molar-refractivity contribution in [1.82, 2.24) is 0 Å². The first-order chi connectivity index (χ1) is 30.9. The molecule has 0 aliphatic heterocycles. The van der Waals surface area contributed by atoms with Crippen LogP contribution in [0.5, 0.6) is 0 Å². The van der Waals surface area contributed by atoms with Crippen molar-refractivity contribution in [2.75, 3.05) is 0 Å². The average Bonchev–Trinajstić information content (AvgIpc) is 3.26. The van der Waals surface area contributed by atoms with Crippen molar-refractivity contribution in [3.63, 3.8) is 0 Å². The number of aliphatic carboxylic acids is 2. The molecule has 2 unspecified atom stereocenters. The average molecular weight is 1030 g/mol. The molecule has 2 rings (SSSR count). The molecule has 2 aromatic rings. The summed E-state index contributed by atoms with van der Waals surface area (Å²) in [6.45, 7) is 8.15. The minimum atomic E-state index is -0.947. The fourth-order valence-corrected chi connectivity index (χ4v) is 7.99. The number of esters is 2. The van der Waals surface area contributed by atoms with E-state index in [4.69, 9.17) is 18.9 Å². The Balaban J connectivity index is 0.00000124. The van der Waals surface area contributed by atoms with E-state index in [9.17, 15) is 29.4 Å². The van der Waals surface area contributed by atoms with Gasteiger partial charge in [0.2, 0.25) is 11.6 Å². The van der Waals surface area contributed by atoms with Crippen molar-refractivity contribution >= 4 is 72.8 Å². The first-order valence-electron chi connectivity index (χ1n) is 25.1. The van der Waals surface area contributed by atoms with Crippen LogP contribution in [-0.2, 0) is 51.3 Å². The second kappa shape index (κ2) is 42.0. The van der Waals surface area contributed by atoms with E-state index in [1.54, 1.807) is 0 Å². The van der Waals surface area contributed by atoms with E-state index in [0.717, 1.165) is 165 Å². The van der Waals surface area contributed by atoms with Gasteiger partial charge >= 0.3 is 60.8 Å². The molecular formula is C54H86BaO10. The van der Waals surface area contributed by atoms with E-state index < -0.39 is 23.5 Å². The molecule has 0 radical (unpaired) electrons. The summed E-state index contributed by atoms with van der Waals surface area (Å²) >= 11 is 0. The molecule has 0 heterocycles. The molecule has 0 bridgehead atoms. The van der Waals surface area contributed by atoms with E-state index in [1.165, 1.54) is 39.5 Å². The molecule has 0 fully saturated rings. The molecule has 0 spiro atoms. The maximum Gasteiger partial charge on any atom is 2.00 e. The van der Waals surface area contributed by atoms with Gasteiger partial charge in [-0.25, -0.2) is 0 Å². The van der Waals surface area contributed by atoms with Gasteiger partial charge in [-0.3, -0.25) is 9.59 Å². The molecular weight excluding hydrogens is 946 g/mol. The van der Waals surface area contributed by atoms with Crippen molar-refractivity contribution in [3.05, 3.63) is 71.8 Å². The number of ether oxygens (including phenoxy) is 4. The second-order valence-corrected chi connectivity index (χ2v) is 17.6. The third-order valence-corrected chi connectivity index (χ3v) is 11.5. The van der Waals surface area contributed by atoms with E-state index in [2.05, 4.69) is 13.8 Å². The molecule has 0 aromatic heterocycles. The zero-order valence-corrected chi connectivity index (χ0v) is 45.6. The minimum absolute atomic E-state index is 0. The van der Waals surface area contributed by atoms with Crippen molar-refractivity contribution in [2.45, 2.75) is 245 Å². The Morgan fingerprint density at radius 3 is 0.938 bits per heavy atom. The minimum Gasteiger partial charge on any atom is -0.550 e. The summed E-state index contributed by atoms with van der Waals surface area (Å²) in [6.07, 6.45) is 28.7. The standard InChI is InChI=1S/2C27H44O5.Ba/c2*1-3-4-16-21-27(32-24(2)28,31-23-25-18-13-12-14-19-25)22-17-11-9-7-5-6-8-10-15-20-26(29)30;/h2*12-14,18-19H,3-11,15-17,20-23H2,1-2H3,(H,29,30);/q;;+2/p-2. The van der Waals surface area contributed by atoms with Gasteiger partial charge in [-0.15, -0.1) is 0 Å². The van der Waals surface area contributed by atoms with E-state index in [1.807, 2.05) is 60.7 Å². The summed E-state index contributed by atoms with van der Waals surface area (Å²) in [5, 5.41) is 20.8. The normalized spacial score (nSPS) is 12.7. The van der Waals surface area contributed by atoms with Crippen molar-refractivity contribution in [3.8, 4) is 0 Å². The van der Waals surface area contributed by atoms with Crippen molar-refractivity contribution in [1.29, 1.82) is 0 Å². The Bertz CT molecular complexity index is 1350. The first kappa shape index (κ1) is 62.8. The molecule has 0 amide bonds. The number of unbranched alkanes of at least 4 members (excludes halogenated alkanes) is 20. The number of hydrogen-bond acceptors (Lipinski definition) is 10. The van der Waals surface area contributed by atoms with Crippen LogP contribution in [0.3, 0.4) is 0 Å². The molecule has 364 valence electrons. The third-order valence-electron chi connectivity index (χ3n) is 11.5. The van der Waals surface area contributed by atoms with Crippen LogP contribution in [-0.4, -0.2) is 84.3 Å². The number of carboxylic acids is 2. The summed E-state index contributed by atoms with van der Waals surface area (Å²) < 4.78 is 24.2. The Morgan fingerprint density at radius 1 is 0.415 bits per heavy atom. The van der Waals surface area contributed by atoms with E-state index in [-0.39, 0.29) is 73.7 Å². The predicted molar refractivity (Wildman–Crippen MR) is 257 cm³/mol. The number of carbonyl (C=O) groups is 4. The van der Waals surface area contributed by atoms with Gasteiger partial charge in [-0.05, 0) is 62.5 Å². The van der Waals surface area contributed by atoms with Crippen LogP contribution in [0.4, 0.5) is 0 Å². The van der Waals surface area contributed by atoms with Crippen LogP contribution in [0.15, 0.2) is 60.7 Å². The third kappa shape index (κ3) is 36.5. The number of rotatable bonds is 40. The van der Waals surface area contributed by atoms with Gasteiger partial charge in [0.05, 0.1) is 13.2 Å². The van der Waals surface area contributed by atoms with Crippen LogP contribution in [0.2, 0.25) is 0 Å². The second-order valence-electron chi connectivity index (χ2n) is 17.6. The Morgan fingerprint density at radius 2 is 0.677 bits per heavy atom. The van der Waals surface area contributed by atoms with Crippen LogP contribution in [0, 0.1) is 0 Å². The van der Waals surface area contributed by atoms with Gasteiger partial charge < -0.3 is 38.7 Å². The van der Waals surface area contributed by atoms with Crippen molar-refractivity contribution in [2.24, 2.45) is 0 Å². The zero-order valence-electron chi connectivity index (χ0n) is 41.2. The zero-order chi connectivity index (χ0) is 47.0. The molecule has 0 saturated heterocycles. The van der Waals surface area contributed by atoms with E-state index >= 15 is 0 Å². The maximum atomic E-state index is 11.9. The molecule has 2 aromatic carbocycles. The summed E-state index contributed by atoms with van der Waals surface area (Å²) in [4.78, 5) is 44.6. The molecule has 65 heavy (non-hydrogen) atoms. The first-order valence-corrected chi connectivity index (χ1v) is 25.1. The van der Waals surface area contributed by atoms with Gasteiger partial charge in [0.25, 0.3) is 0 Å². The van der Waals surface area contributed by atoms with Crippen LogP contribution >= 0.6 is 0 Å². The molecule has 0 N–H and O–H groups in total. The van der Waals surface area contributed by atoms with Gasteiger partial charge in [0.15, 0.2) is 0 Å². The number of benzene rings is 2.